The molecule has 1 saturated carbocycles. The van der Waals surface area contributed by atoms with E-state index < -0.39 is 10.0 Å². The first-order valence-corrected chi connectivity index (χ1v) is 8.09. The molecule has 1 aromatic carbocycles. The van der Waals surface area contributed by atoms with Crippen LogP contribution < -0.4 is 10.5 Å². The Hall–Kier alpha value is -1.07. The Morgan fingerprint density at radius 2 is 1.79 bits per heavy atom. The van der Waals surface area contributed by atoms with E-state index in [4.69, 9.17) is 5.73 Å². The van der Waals surface area contributed by atoms with E-state index in [0.29, 0.717) is 22.1 Å². The summed E-state index contributed by atoms with van der Waals surface area (Å²) in [6, 6.07) is 1.90. The van der Waals surface area contributed by atoms with Gasteiger partial charge in [0.25, 0.3) is 0 Å². The second kappa shape index (κ2) is 4.80. The van der Waals surface area contributed by atoms with Gasteiger partial charge in [0.2, 0.25) is 10.0 Å². The zero-order valence-electron chi connectivity index (χ0n) is 11.9. The molecule has 0 unspecified atom stereocenters. The van der Waals surface area contributed by atoms with Gasteiger partial charge in [-0.25, -0.2) is 13.1 Å². The SMILES string of the molecule is Cc1cc(C)c(S(=O)(=O)NC2CC(C)C2)c(C)c1N. The summed E-state index contributed by atoms with van der Waals surface area (Å²) in [7, 11) is -3.47. The van der Waals surface area contributed by atoms with Crippen LogP contribution in [-0.4, -0.2) is 14.5 Å². The molecule has 0 radical (unpaired) electrons. The molecule has 106 valence electrons. The van der Waals surface area contributed by atoms with E-state index in [0.717, 1.165) is 24.0 Å². The average Bonchev–Trinajstić information content (AvgIpc) is 2.23. The van der Waals surface area contributed by atoms with Crippen LogP contribution in [-0.2, 0) is 10.0 Å². The number of nitrogens with one attached hydrogen (secondary N) is 1. The summed E-state index contributed by atoms with van der Waals surface area (Å²) >= 11 is 0. The van der Waals surface area contributed by atoms with E-state index in [1.807, 2.05) is 19.9 Å². The number of benzene rings is 1. The van der Waals surface area contributed by atoms with Crippen molar-refractivity contribution in [2.24, 2.45) is 5.92 Å². The van der Waals surface area contributed by atoms with Gasteiger partial charge in [0, 0.05) is 11.7 Å². The molecule has 0 saturated heterocycles. The van der Waals surface area contributed by atoms with Crippen LogP contribution >= 0.6 is 0 Å². The fourth-order valence-electron chi connectivity index (χ4n) is 2.87. The number of sulfonamides is 1. The Labute approximate surface area is 115 Å². The average molecular weight is 282 g/mol. The molecule has 1 aliphatic carbocycles. The van der Waals surface area contributed by atoms with Gasteiger partial charge in [-0.1, -0.05) is 13.0 Å². The number of hydrogen-bond donors (Lipinski definition) is 2. The van der Waals surface area contributed by atoms with E-state index >= 15 is 0 Å². The van der Waals surface area contributed by atoms with Gasteiger partial charge in [-0.05, 0) is 56.2 Å². The van der Waals surface area contributed by atoms with Crippen molar-refractivity contribution in [3.8, 4) is 0 Å². The number of nitrogen functional groups attached to an aromatic ring is 1. The molecule has 0 amide bonds. The molecule has 0 heterocycles. The van der Waals surface area contributed by atoms with Crippen LogP contribution in [0, 0.1) is 26.7 Å². The minimum atomic E-state index is -3.47. The van der Waals surface area contributed by atoms with Gasteiger partial charge in [-0.15, -0.1) is 0 Å². The molecular weight excluding hydrogens is 260 g/mol. The largest absolute Gasteiger partial charge is 0.398 e. The lowest BCUT2D eigenvalue weighted by Crippen LogP contribution is -2.43. The number of aryl methyl sites for hydroxylation is 2. The van der Waals surface area contributed by atoms with E-state index in [9.17, 15) is 8.42 Å². The van der Waals surface area contributed by atoms with Gasteiger partial charge in [-0.2, -0.15) is 0 Å². The number of nitrogens with two attached hydrogens (primary N) is 1. The zero-order valence-corrected chi connectivity index (χ0v) is 12.8. The van der Waals surface area contributed by atoms with E-state index in [-0.39, 0.29) is 6.04 Å². The first-order valence-electron chi connectivity index (χ1n) is 6.61. The lowest BCUT2D eigenvalue weighted by Gasteiger charge is -2.33. The third-order valence-corrected chi connectivity index (χ3v) is 5.73. The molecule has 0 spiro atoms. The summed E-state index contributed by atoms with van der Waals surface area (Å²) in [4.78, 5) is 0.343. The molecular formula is C14H22N2O2S. The van der Waals surface area contributed by atoms with Crippen molar-refractivity contribution in [3.63, 3.8) is 0 Å². The predicted molar refractivity (Wildman–Crippen MR) is 77.6 cm³/mol. The Kier molecular flexibility index (Phi) is 3.62. The molecule has 3 N–H and O–H groups in total. The second-order valence-corrected chi connectivity index (χ2v) is 7.42. The van der Waals surface area contributed by atoms with Crippen molar-refractivity contribution < 1.29 is 8.42 Å². The molecule has 0 atom stereocenters. The highest BCUT2D eigenvalue weighted by molar-refractivity contribution is 7.89. The zero-order chi connectivity index (χ0) is 14.4. The monoisotopic (exact) mass is 282 g/mol. The normalized spacial score (nSPS) is 23.2. The molecule has 2 rings (SSSR count). The molecule has 4 nitrogen and oxygen atoms in total. The van der Waals surface area contributed by atoms with Crippen LogP contribution in [0.2, 0.25) is 0 Å². The topological polar surface area (TPSA) is 72.2 Å². The number of rotatable bonds is 3. The highest BCUT2D eigenvalue weighted by atomic mass is 32.2. The first-order chi connectivity index (χ1) is 8.72. The Morgan fingerprint density at radius 3 is 2.32 bits per heavy atom. The van der Waals surface area contributed by atoms with Crippen LogP contribution in [0.5, 0.6) is 0 Å². The smallest absolute Gasteiger partial charge is 0.241 e. The highest BCUT2D eigenvalue weighted by Crippen LogP contribution is 2.31. The Morgan fingerprint density at radius 1 is 1.21 bits per heavy atom. The van der Waals surface area contributed by atoms with E-state index in [1.54, 1.807) is 6.92 Å². The van der Waals surface area contributed by atoms with Crippen molar-refractivity contribution in [2.75, 3.05) is 5.73 Å². The van der Waals surface area contributed by atoms with Crippen LogP contribution in [0.15, 0.2) is 11.0 Å². The minimum Gasteiger partial charge on any atom is -0.398 e. The van der Waals surface area contributed by atoms with Gasteiger partial charge in [0.1, 0.15) is 0 Å². The van der Waals surface area contributed by atoms with Crippen LogP contribution in [0.3, 0.4) is 0 Å². The van der Waals surface area contributed by atoms with Gasteiger partial charge in [0.15, 0.2) is 0 Å². The summed E-state index contributed by atoms with van der Waals surface area (Å²) < 4.78 is 27.7. The molecule has 1 aromatic rings. The molecule has 0 bridgehead atoms. The number of hydrogen-bond acceptors (Lipinski definition) is 3. The van der Waals surface area contributed by atoms with Crippen molar-refractivity contribution in [1.29, 1.82) is 0 Å². The third kappa shape index (κ3) is 2.62. The molecule has 1 fully saturated rings. The summed E-state index contributed by atoms with van der Waals surface area (Å²) in [5.41, 5.74) is 8.84. The third-order valence-electron chi connectivity index (χ3n) is 3.92. The van der Waals surface area contributed by atoms with Gasteiger partial charge in [0.05, 0.1) is 4.90 Å². The molecule has 19 heavy (non-hydrogen) atoms. The van der Waals surface area contributed by atoms with Crippen molar-refractivity contribution in [2.45, 2.75) is 51.5 Å². The predicted octanol–water partition coefficient (Wildman–Crippen LogP) is 2.27. The maximum atomic E-state index is 12.5. The van der Waals surface area contributed by atoms with Crippen LogP contribution in [0.1, 0.15) is 36.5 Å². The number of anilines is 1. The summed E-state index contributed by atoms with van der Waals surface area (Å²) in [6.45, 7) is 7.61. The summed E-state index contributed by atoms with van der Waals surface area (Å²) in [5, 5.41) is 0. The summed E-state index contributed by atoms with van der Waals surface area (Å²) in [5.74, 6) is 0.609. The van der Waals surface area contributed by atoms with Crippen molar-refractivity contribution in [1.82, 2.24) is 4.72 Å². The minimum absolute atomic E-state index is 0.0707. The lowest BCUT2D eigenvalue weighted by atomic mass is 9.83. The second-order valence-electron chi connectivity index (χ2n) is 5.77. The fourth-order valence-corrected chi connectivity index (χ4v) is 4.62. The maximum Gasteiger partial charge on any atom is 0.241 e. The summed E-state index contributed by atoms with van der Waals surface area (Å²) in [6.07, 6.45) is 1.83. The fraction of sp³-hybridized carbons (Fsp3) is 0.571. The van der Waals surface area contributed by atoms with E-state index in [2.05, 4.69) is 11.6 Å². The Bertz CT molecular complexity index is 602. The maximum absolute atomic E-state index is 12.5. The van der Waals surface area contributed by atoms with Gasteiger partial charge in [-0.3, -0.25) is 0 Å². The standard InChI is InChI=1S/C14H22N2O2S/c1-8-5-12(6-8)16-19(17,18)14-10(3)7-9(2)13(15)11(14)4/h7-8,12,16H,5-6,15H2,1-4H3. The molecule has 5 heteroatoms. The molecule has 0 aliphatic heterocycles. The molecule has 1 aliphatic rings. The van der Waals surface area contributed by atoms with Gasteiger partial charge < -0.3 is 5.73 Å². The quantitative estimate of drug-likeness (QED) is 0.835. The van der Waals surface area contributed by atoms with Crippen molar-refractivity contribution in [3.05, 3.63) is 22.8 Å². The van der Waals surface area contributed by atoms with Crippen LogP contribution in [0.4, 0.5) is 5.69 Å². The highest BCUT2D eigenvalue weighted by Gasteiger charge is 2.31. The van der Waals surface area contributed by atoms with Crippen LogP contribution in [0.25, 0.3) is 0 Å². The lowest BCUT2D eigenvalue weighted by molar-refractivity contribution is 0.270. The van der Waals surface area contributed by atoms with Crippen molar-refractivity contribution >= 4 is 15.7 Å². The van der Waals surface area contributed by atoms with Gasteiger partial charge >= 0.3 is 0 Å². The Balaban J connectivity index is 2.38. The molecule has 0 aromatic heterocycles. The van der Waals surface area contributed by atoms with E-state index in [1.165, 1.54) is 0 Å². The first kappa shape index (κ1) is 14.3.